The zero-order valence-corrected chi connectivity index (χ0v) is 16.2. The van der Waals surface area contributed by atoms with Crippen LogP contribution in [0.2, 0.25) is 0 Å². The lowest BCUT2D eigenvalue weighted by Gasteiger charge is -2.30. The molecule has 7 nitrogen and oxygen atoms in total. The smallest absolute Gasteiger partial charge is 0.337 e. The first kappa shape index (κ1) is 18.6. The van der Waals surface area contributed by atoms with Crippen LogP contribution in [0.1, 0.15) is 35.0 Å². The molecule has 0 unspecified atom stereocenters. The number of fused-ring (bicyclic) bond motifs is 1. The normalized spacial score (nSPS) is 18.2. The van der Waals surface area contributed by atoms with Gasteiger partial charge in [-0.15, -0.1) is 0 Å². The van der Waals surface area contributed by atoms with Gasteiger partial charge in [0.1, 0.15) is 5.52 Å². The molecule has 2 heterocycles. The van der Waals surface area contributed by atoms with Crippen LogP contribution >= 0.6 is 0 Å². The third-order valence-corrected chi connectivity index (χ3v) is 6.84. The lowest BCUT2D eigenvalue weighted by Crippen LogP contribution is -2.39. The van der Waals surface area contributed by atoms with Crippen molar-refractivity contribution in [2.45, 2.75) is 23.7 Å². The molecule has 0 amide bonds. The molecule has 28 heavy (non-hydrogen) atoms. The van der Waals surface area contributed by atoms with Crippen molar-refractivity contribution in [3.63, 3.8) is 0 Å². The van der Waals surface area contributed by atoms with Crippen molar-refractivity contribution in [1.29, 1.82) is 0 Å². The van der Waals surface area contributed by atoms with E-state index in [1.165, 1.54) is 35.7 Å². The number of aromatic nitrogens is 1. The largest absolute Gasteiger partial charge is 0.465 e. The molecule has 1 atom stereocenters. The number of nitrogens with zero attached hydrogens (tertiary/aromatic N) is 2. The average molecular weight is 400 g/mol. The predicted octanol–water partition coefficient (Wildman–Crippen LogP) is 3.18. The number of sulfonamides is 1. The number of carbonyl (C=O) groups excluding carboxylic acids is 1. The Balaban J connectivity index is 1.57. The highest BCUT2D eigenvalue weighted by molar-refractivity contribution is 7.89. The third-order valence-electron chi connectivity index (χ3n) is 4.96. The van der Waals surface area contributed by atoms with Crippen LogP contribution in [0.4, 0.5) is 0 Å². The van der Waals surface area contributed by atoms with Crippen LogP contribution in [-0.4, -0.2) is 43.9 Å². The van der Waals surface area contributed by atoms with Gasteiger partial charge in [-0.25, -0.2) is 18.2 Å². The quantitative estimate of drug-likeness (QED) is 0.625. The first-order valence-electron chi connectivity index (χ1n) is 9.03. The Labute approximate surface area is 163 Å². The summed E-state index contributed by atoms with van der Waals surface area (Å²) in [6, 6.07) is 13.3. The topological polar surface area (TPSA) is 89.7 Å². The van der Waals surface area contributed by atoms with Crippen molar-refractivity contribution in [1.82, 2.24) is 9.29 Å². The van der Waals surface area contributed by atoms with Gasteiger partial charge in [-0.3, -0.25) is 0 Å². The van der Waals surface area contributed by atoms with Gasteiger partial charge in [0.2, 0.25) is 10.0 Å². The fourth-order valence-corrected chi connectivity index (χ4v) is 4.98. The van der Waals surface area contributed by atoms with Crippen LogP contribution in [0.3, 0.4) is 0 Å². The molecule has 0 N–H and O–H groups in total. The molecule has 1 aliphatic rings. The van der Waals surface area contributed by atoms with Crippen LogP contribution in [0.25, 0.3) is 11.1 Å². The van der Waals surface area contributed by atoms with Crippen LogP contribution in [0.5, 0.6) is 0 Å². The van der Waals surface area contributed by atoms with Gasteiger partial charge in [0.05, 0.1) is 17.6 Å². The fourth-order valence-electron chi connectivity index (χ4n) is 3.46. The lowest BCUT2D eigenvalue weighted by atomic mass is 10.00. The first-order valence-corrected chi connectivity index (χ1v) is 10.5. The summed E-state index contributed by atoms with van der Waals surface area (Å²) in [4.78, 5) is 16.2. The molecule has 4 rings (SSSR count). The number of hydrogen-bond donors (Lipinski definition) is 0. The number of hydrogen-bond acceptors (Lipinski definition) is 6. The number of para-hydroxylation sites is 2. The molecule has 0 saturated carbocycles. The van der Waals surface area contributed by atoms with Crippen molar-refractivity contribution in [2.24, 2.45) is 0 Å². The molecule has 1 aliphatic heterocycles. The van der Waals surface area contributed by atoms with Gasteiger partial charge < -0.3 is 9.15 Å². The van der Waals surface area contributed by atoms with E-state index >= 15 is 0 Å². The van der Waals surface area contributed by atoms with Gasteiger partial charge in [0, 0.05) is 19.0 Å². The maximum atomic E-state index is 13.0. The monoisotopic (exact) mass is 400 g/mol. The van der Waals surface area contributed by atoms with Crippen LogP contribution in [0.15, 0.2) is 57.8 Å². The summed E-state index contributed by atoms with van der Waals surface area (Å²) in [5.74, 6) is -0.0228. The van der Waals surface area contributed by atoms with Crippen LogP contribution in [0, 0.1) is 0 Å². The van der Waals surface area contributed by atoms with Crippen LogP contribution < -0.4 is 0 Å². The standard InChI is InChI=1S/C20H20N2O5S/c1-26-20(23)14-8-10-16(11-9-14)28(24,25)22-12-4-5-15(13-22)19-21-17-6-2-3-7-18(17)27-19/h2-3,6-11,15H,4-5,12-13H2,1H3/t15-/m0/s1. The van der Waals surface area contributed by atoms with Crippen molar-refractivity contribution < 1.29 is 22.4 Å². The van der Waals surface area contributed by atoms with E-state index in [1.54, 1.807) is 0 Å². The molecule has 8 heteroatoms. The lowest BCUT2D eigenvalue weighted by molar-refractivity contribution is 0.0600. The molecular formula is C20H20N2O5S. The Morgan fingerprint density at radius 2 is 1.93 bits per heavy atom. The molecule has 2 aromatic carbocycles. The second kappa shape index (κ2) is 7.37. The summed E-state index contributed by atoms with van der Waals surface area (Å²) >= 11 is 0. The van der Waals surface area contributed by atoms with Crippen molar-refractivity contribution in [2.75, 3.05) is 20.2 Å². The van der Waals surface area contributed by atoms with Gasteiger partial charge >= 0.3 is 5.97 Å². The Kier molecular flexibility index (Phi) is 4.91. The maximum absolute atomic E-state index is 13.0. The summed E-state index contributed by atoms with van der Waals surface area (Å²) in [7, 11) is -2.39. The van der Waals surface area contributed by atoms with Crippen molar-refractivity contribution in [3.05, 3.63) is 60.0 Å². The molecule has 1 aromatic heterocycles. The Bertz CT molecular complexity index is 1070. The van der Waals surface area contributed by atoms with Gasteiger partial charge in [-0.2, -0.15) is 4.31 Å². The fraction of sp³-hybridized carbons (Fsp3) is 0.300. The maximum Gasteiger partial charge on any atom is 0.337 e. The molecule has 0 spiro atoms. The number of oxazole rings is 1. The molecule has 0 bridgehead atoms. The van der Waals surface area contributed by atoms with E-state index in [0.29, 0.717) is 30.1 Å². The number of ether oxygens (including phenoxy) is 1. The summed E-state index contributed by atoms with van der Waals surface area (Å²) in [6.45, 7) is 0.756. The van der Waals surface area contributed by atoms with Gasteiger partial charge in [0.15, 0.2) is 11.5 Å². The van der Waals surface area contributed by atoms with E-state index in [-0.39, 0.29) is 10.8 Å². The number of benzene rings is 2. The Morgan fingerprint density at radius 1 is 1.18 bits per heavy atom. The molecule has 146 valence electrons. The Hall–Kier alpha value is -2.71. The highest BCUT2D eigenvalue weighted by Gasteiger charge is 2.33. The predicted molar refractivity (Wildman–Crippen MR) is 103 cm³/mol. The third kappa shape index (κ3) is 3.41. The number of esters is 1. The average Bonchev–Trinajstić information content (AvgIpc) is 3.18. The summed E-state index contributed by atoms with van der Waals surface area (Å²) in [6.07, 6.45) is 1.54. The second-order valence-electron chi connectivity index (χ2n) is 6.74. The van der Waals surface area contributed by atoms with E-state index in [0.717, 1.165) is 18.4 Å². The molecule has 0 radical (unpaired) electrons. The number of piperidine rings is 1. The SMILES string of the molecule is COC(=O)c1ccc(S(=O)(=O)N2CCC[C@H](c3nc4ccccc4o3)C2)cc1. The number of carbonyl (C=O) groups is 1. The zero-order valence-electron chi connectivity index (χ0n) is 15.4. The molecule has 0 aliphatic carbocycles. The summed E-state index contributed by atoms with van der Waals surface area (Å²) in [5.41, 5.74) is 1.79. The Morgan fingerprint density at radius 3 is 2.64 bits per heavy atom. The van der Waals surface area contributed by atoms with Crippen molar-refractivity contribution >= 4 is 27.1 Å². The van der Waals surface area contributed by atoms with Gasteiger partial charge in [-0.1, -0.05) is 12.1 Å². The van der Waals surface area contributed by atoms with E-state index in [4.69, 9.17) is 4.42 Å². The minimum Gasteiger partial charge on any atom is -0.465 e. The minimum absolute atomic E-state index is 0.0923. The van der Waals surface area contributed by atoms with Crippen LogP contribution in [-0.2, 0) is 14.8 Å². The van der Waals surface area contributed by atoms with E-state index < -0.39 is 16.0 Å². The minimum atomic E-state index is -3.67. The van der Waals surface area contributed by atoms with E-state index in [1.807, 2.05) is 24.3 Å². The zero-order chi connectivity index (χ0) is 19.7. The first-order chi connectivity index (χ1) is 13.5. The summed E-state index contributed by atoms with van der Waals surface area (Å²) in [5, 5.41) is 0. The van der Waals surface area contributed by atoms with E-state index in [9.17, 15) is 13.2 Å². The molecule has 3 aromatic rings. The number of rotatable bonds is 4. The van der Waals surface area contributed by atoms with E-state index in [2.05, 4.69) is 9.72 Å². The van der Waals surface area contributed by atoms with Crippen molar-refractivity contribution in [3.8, 4) is 0 Å². The molecule has 1 saturated heterocycles. The second-order valence-corrected chi connectivity index (χ2v) is 8.68. The van der Waals surface area contributed by atoms with Gasteiger partial charge in [-0.05, 0) is 49.2 Å². The number of methoxy groups -OCH3 is 1. The molecule has 1 fully saturated rings. The highest BCUT2D eigenvalue weighted by atomic mass is 32.2. The summed E-state index contributed by atoms with van der Waals surface area (Å²) < 4.78 is 38.0. The van der Waals surface area contributed by atoms with Gasteiger partial charge in [0.25, 0.3) is 0 Å². The highest BCUT2D eigenvalue weighted by Crippen LogP contribution is 2.31. The molecular weight excluding hydrogens is 380 g/mol.